The molecule has 1 saturated heterocycles. The topological polar surface area (TPSA) is 97.1 Å². The van der Waals surface area contributed by atoms with E-state index < -0.39 is 46.1 Å². The van der Waals surface area contributed by atoms with E-state index in [0.29, 0.717) is 17.5 Å². The SMILES string of the molecule is CCC1(C)O[C@@H](OC(N)C(Cl)(Cl)Cl)C(OC(=O)c2ccccc2)C1OC(=O)c1ccccc1. The molecule has 2 aromatic rings. The van der Waals surface area contributed by atoms with Crippen LogP contribution < -0.4 is 5.73 Å². The number of alkyl halides is 3. The Morgan fingerprint density at radius 2 is 1.48 bits per heavy atom. The van der Waals surface area contributed by atoms with Crippen molar-refractivity contribution in [3.8, 4) is 0 Å². The van der Waals surface area contributed by atoms with Crippen LogP contribution in [-0.2, 0) is 18.9 Å². The van der Waals surface area contributed by atoms with Crippen molar-refractivity contribution in [1.29, 1.82) is 0 Å². The molecule has 5 atom stereocenters. The second-order valence-electron chi connectivity index (χ2n) is 7.68. The number of rotatable bonds is 7. The first-order valence-electron chi connectivity index (χ1n) is 10.2. The van der Waals surface area contributed by atoms with Gasteiger partial charge in [0.15, 0.2) is 18.4 Å². The summed E-state index contributed by atoms with van der Waals surface area (Å²) < 4.78 is 21.2. The molecule has 0 bridgehead atoms. The third-order valence-corrected chi connectivity index (χ3v) is 6.00. The number of hydrogen-bond acceptors (Lipinski definition) is 7. The number of ether oxygens (including phenoxy) is 4. The van der Waals surface area contributed by atoms with Crippen molar-refractivity contribution in [3.63, 3.8) is 0 Å². The molecule has 0 aliphatic carbocycles. The van der Waals surface area contributed by atoms with E-state index in [0.717, 1.165) is 0 Å². The maximum absolute atomic E-state index is 12.8. The second-order valence-corrected chi connectivity index (χ2v) is 10.0. The van der Waals surface area contributed by atoms with Gasteiger partial charge in [0.25, 0.3) is 0 Å². The second kappa shape index (κ2) is 10.6. The summed E-state index contributed by atoms with van der Waals surface area (Å²) in [6.07, 6.45) is -4.50. The Balaban J connectivity index is 1.92. The number of nitrogens with two attached hydrogens (primary N) is 1. The molecule has 7 nitrogen and oxygen atoms in total. The monoisotopic (exact) mass is 515 g/mol. The Morgan fingerprint density at radius 3 is 1.94 bits per heavy atom. The van der Waals surface area contributed by atoms with Gasteiger partial charge < -0.3 is 24.7 Å². The summed E-state index contributed by atoms with van der Waals surface area (Å²) in [6.45, 7) is 3.54. The van der Waals surface area contributed by atoms with E-state index in [2.05, 4.69) is 0 Å². The van der Waals surface area contributed by atoms with Gasteiger partial charge >= 0.3 is 11.9 Å². The molecule has 0 saturated carbocycles. The van der Waals surface area contributed by atoms with Crippen LogP contribution in [0.4, 0.5) is 0 Å². The minimum Gasteiger partial charge on any atom is -0.451 e. The van der Waals surface area contributed by atoms with Crippen molar-refractivity contribution in [3.05, 3.63) is 71.8 Å². The quantitative estimate of drug-likeness (QED) is 0.325. The average Bonchev–Trinajstić information content (AvgIpc) is 3.05. The van der Waals surface area contributed by atoms with Crippen molar-refractivity contribution in [2.75, 3.05) is 0 Å². The molecule has 2 N–H and O–H groups in total. The van der Waals surface area contributed by atoms with Gasteiger partial charge in [0, 0.05) is 0 Å². The number of carbonyl (C=O) groups is 2. The highest BCUT2D eigenvalue weighted by Crippen LogP contribution is 2.41. The molecule has 178 valence electrons. The number of hydrogen-bond donors (Lipinski definition) is 1. The highest BCUT2D eigenvalue weighted by molar-refractivity contribution is 6.68. The maximum atomic E-state index is 12.8. The molecular formula is C23H24Cl3NO6. The van der Waals surface area contributed by atoms with E-state index in [1.807, 2.05) is 6.92 Å². The standard InChI is InChI=1S/C23H24Cl3NO6/c1-3-22(2)17(31-19(29)15-12-8-5-9-13-15)16(20(33-22)32-21(27)23(24,25)26)30-18(28)14-10-6-4-7-11-14/h4-13,16-17,20-21H,3,27H2,1-2H3/t16?,17?,20-,21?,22?/m1/s1. The minimum atomic E-state index is -1.97. The average molecular weight is 517 g/mol. The molecule has 1 aliphatic rings. The van der Waals surface area contributed by atoms with Crippen LogP contribution in [0.25, 0.3) is 0 Å². The van der Waals surface area contributed by atoms with Gasteiger partial charge in [0.05, 0.1) is 11.1 Å². The normalized spacial score (nSPS) is 25.9. The van der Waals surface area contributed by atoms with Gasteiger partial charge in [-0.25, -0.2) is 9.59 Å². The van der Waals surface area contributed by atoms with E-state index >= 15 is 0 Å². The first kappa shape index (κ1) is 25.7. The van der Waals surface area contributed by atoms with Crippen LogP contribution in [0, 0.1) is 0 Å². The maximum Gasteiger partial charge on any atom is 0.338 e. The van der Waals surface area contributed by atoms with Crippen LogP contribution in [0.3, 0.4) is 0 Å². The lowest BCUT2D eigenvalue weighted by Gasteiger charge is -2.30. The molecule has 0 amide bonds. The lowest BCUT2D eigenvalue weighted by atomic mass is 9.94. The predicted octanol–water partition coefficient (Wildman–Crippen LogP) is 4.63. The van der Waals surface area contributed by atoms with Crippen LogP contribution in [-0.4, -0.2) is 46.1 Å². The lowest BCUT2D eigenvalue weighted by molar-refractivity contribution is -0.207. The number of benzene rings is 2. The molecule has 2 aromatic carbocycles. The zero-order valence-corrected chi connectivity index (χ0v) is 20.2. The van der Waals surface area contributed by atoms with E-state index in [4.69, 9.17) is 59.5 Å². The third-order valence-electron chi connectivity index (χ3n) is 5.36. The summed E-state index contributed by atoms with van der Waals surface area (Å²) in [5.74, 6) is -1.28. The van der Waals surface area contributed by atoms with Gasteiger partial charge in [-0.15, -0.1) is 0 Å². The van der Waals surface area contributed by atoms with Crippen LogP contribution in [0.1, 0.15) is 41.0 Å². The zero-order valence-electron chi connectivity index (χ0n) is 18.0. The molecule has 3 rings (SSSR count). The van der Waals surface area contributed by atoms with Gasteiger partial charge in [-0.05, 0) is 37.6 Å². The van der Waals surface area contributed by atoms with E-state index in [1.54, 1.807) is 67.6 Å². The zero-order chi connectivity index (χ0) is 24.2. The predicted molar refractivity (Wildman–Crippen MR) is 124 cm³/mol. The first-order chi connectivity index (χ1) is 15.5. The fourth-order valence-corrected chi connectivity index (χ4v) is 3.49. The van der Waals surface area contributed by atoms with Crippen molar-refractivity contribution in [2.45, 2.75) is 54.4 Å². The van der Waals surface area contributed by atoms with Crippen LogP contribution >= 0.6 is 34.8 Å². The Bertz CT molecular complexity index is 956. The van der Waals surface area contributed by atoms with Gasteiger partial charge in [-0.1, -0.05) is 78.1 Å². The Kier molecular flexibility index (Phi) is 8.26. The molecule has 0 radical (unpaired) electrons. The Labute approximate surface area is 207 Å². The lowest BCUT2D eigenvalue weighted by Crippen LogP contribution is -2.47. The summed E-state index contributed by atoms with van der Waals surface area (Å²) in [5.41, 5.74) is 5.39. The first-order valence-corrected chi connectivity index (χ1v) is 11.4. The summed E-state index contributed by atoms with van der Waals surface area (Å²) >= 11 is 17.5. The largest absolute Gasteiger partial charge is 0.451 e. The van der Waals surface area contributed by atoms with Gasteiger partial charge in [-0.2, -0.15) is 0 Å². The molecular weight excluding hydrogens is 493 g/mol. The summed E-state index contributed by atoms with van der Waals surface area (Å²) in [7, 11) is 0. The van der Waals surface area contributed by atoms with Crippen molar-refractivity contribution < 1.29 is 28.5 Å². The van der Waals surface area contributed by atoms with E-state index in [9.17, 15) is 9.59 Å². The molecule has 10 heteroatoms. The number of halogens is 3. The molecule has 0 spiro atoms. The van der Waals surface area contributed by atoms with Gasteiger partial charge in [-0.3, -0.25) is 0 Å². The van der Waals surface area contributed by atoms with Crippen molar-refractivity contribution in [2.24, 2.45) is 5.73 Å². The molecule has 1 heterocycles. The van der Waals surface area contributed by atoms with Crippen molar-refractivity contribution >= 4 is 46.7 Å². The summed E-state index contributed by atoms with van der Waals surface area (Å²) in [5, 5.41) is 0. The third kappa shape index (κ3) is 6.18. The van der Waals surface area contributed by atoms with Gasteiger partial charge in [0.2, 0.25) is 10.1 Å². The Morgan fingerprint density at radius 1 is 1.00 bits per heavy atom. The fraction of sp³-hybridized carbons (Fsp3) is 0.391. The van der Waals surface area contributed by atoms with E-state index in [1.165, 1.54) is 0 Å². The summed E-state index contributed by atoms with van der Waals surface area (Å²) in [6, 6.07) is 16.7. The van der Waals surface area contributed by atoms with Crippen LogP contribution in [0.2, 0.25) is 0 Å². The smallest absolute Gasteiger partial charge is 0.338 e. The highest BCUT2D eigenvalue weighted by atomic mass is 35.6. The number of esters is 2. The molecule has 1 aliphatic heterocycles. The van der Waals surface area contributed by atoms with Crippen LogP contribution in [0.15, 0.2) is 60.7 Å². The number of carbonyl (C=O) groups excluding carboxylic acids is 2. The minimum absolute atomic E-state index is 0.292. The molecule has 33 heavy (non-hydrogen) atoms. The molecule has 0 aromatic heterocycles. The molecule has 1 fully saturated rings. The Hall–Kier alpha value is -1.87. The highest BCUT2D eigenvalue weighted by Gasteiger charge is 2.57. The van der Waals surface area contributed by atoms with E-state index in [-0.39, 0.29) is 0 Å². The van der Waals surface area contributed by atoms with Gasteiger partial charge in [0.1, 0.15) is 5.60 Å². The van der Waals surface area contributed by atoms with Crippen LogP contribution in [0.5, 0.6) is 0 Å². The fourth-order valence-electron chi connectivity index (χ4n) is 3.33. The summed E-state index contributed by atoms with van der Waals surface area (Å²) in [4.78, 5) is 25.7. The molecule has 4 unspecified atom stereocenters. The van der Waals surface area contributed by atoms with Crippen molar-refractivity contribution in [1.82, 2.24) is 0 Å².